The first-order valence-corrected chi connectivity index (χ1v) is 5.53. The molecular weight excluding hydrogens is 188 g/mol. The second-order valence-electron chi connectivity index (χ2n) is 3.94. The Bertz CT molecular complexity index is 264. The van der Waals surface area contributed by atoms with Gasteiger partial charge in [0.25, 0.3) is 0 Å². The third-order valence-corrected chi connectivity index (χ3v) is 2.50. The molecule has 0 aliphatic heterocycles. The van der Waals surface area contributed by atoms with Crippen molar-refractivity contribution in [3.8, 4) is 5.75 Å². The summed E-state index contributed by atoms with van der Waals surface area (Å²) in [4.78, 5) is 0. The molecule has 1 rings (SSSR count). The molecule has 0 heterocycles. The molecule has 0 aliphatic carbocycles. The van der Waals surface area contributed by atoms with Crippen LogP contribution in [0.4, 0.5) is 0 Å². The van der Waals surface area contributed by atoms with Crippen LogP contribution in [0.25, 0.3) is 0 Å². The standard InChI is InChI=1S/C13H20O2/c1-11(14)5-3-4-6-12-7-9-13(15-2)10-8-12/h7-11,14H,3-6H2,1-2H3. The smallest absolute Gasteiger partial charge is 0.118 e. The molecule has 0 aliphatic rings. The van der Waals surface area contributed by atoms with Crippen LogP contribution < -0.4 is 4.74 Å². The zero-order valence-electron chi connectivity index (χ0n) is 9.57. The number of hydrogen-bond donors (Lipinski definition) is 1. The average Bonchev–Trinajstić information content (AvgIpc) is 2.25. The number of ether oxygens (including phenoxy) is 1. The third-order valence-electron chi connectivity index (χ3n) is 2.50. The van der Waals surface area contributed by atoms with E-state index in [1.165, 1.54) is 5.56 Å². The van der Waals surface area contributed by atoms with E-state index in [1.54, 1.807) is 7.11 Å². The van der Waals surface area contributed by atoms with E-state index in [9.17, 15) is 0 Å². The summed E-state index contributed by atoms with van der Waals surface area (Å²) in [6.45, 7) is 1.84. The Balaban J connectivity index is 2.25. The maximum absolute atomic E-state index is 9.10. The van der Waals surface area contributed by atoms with Crippen molar-refractivity contribution in [1.29, 1.82) is 0 Å². The van der Waals surface area contributed by atoms with Crippen LogP contribution in [0.5, 0.6) is 5.75 Å². The molecule has 0 saturated heterocycles. The summed E-state index contributed by atoms with van der Waals surface area (Å²) in [5.74, 6) is 0.905. The van der Waals surface area contributed by atoms with Gasteiger partial charge in [0.15, 0.2) is 0 Å². The fraction of sp³-hybridized carbons (Fsp3) is 0.538. The van der Waals surface area contributed by atoms with Crippen molar-refractivity contribution in [2.75, 3.05) is 7.11 Å². The van der Waals surface area contributed by atoms with Crippen LogP contribution in [0.3, 0.4) is 0 Å². The maximum atomic E-state index is 9.10. The summed E-state index contributed by atoms with van der Waals surface area (Å²) in [5.41, 5.74) is 1.33. The van der Waals surface area contributed by atoms with Crippen molar-refractivity contribution in [3.63, 3.8) is 0 Å². The van der Waals surface area contributed by atoms with Gasteiger partial charge in [0.2, 0.25) is 0 Å². The molecule has 0 spiro atoms. The third kappa shape index (κ3) is 4.84. The van der Waals surface area contributed by atoms with Gasteiger partial charge in [-0.2, -0.15) is 0 Å². The van der Waals surface area contributed by atoms with E-state index < -0.39 is 0 Å². The molecule has 0 fully saturated rings. The molecule has 0 radical (unpaired) electrons. The molecule has 2 nitrogen and oxygen atoms in total. The van der Waals surface area contributed by atoms with Crippen LogP contribution in [0, 0.1) is 0 Å². The predicted molar refractivity (Wildman–Crippen MR) is 62.2 cm³/mol. The minimum Gasteiger partial charge on any atom is -0.497 e. The average molecular weight is 208 g/mol. The minimum atomic E-state index is -0.166. The highest BCUT2D eigenvalue weighted by molar-refractivity contribution is 5.27. The summed E-state index contributed by atoms with van der Waals surface area (Å²) in [6.07, 6.45) is 4.04. The molecule has 1 aromatic rings. The number of hydrogen-bond acceptors (Lipinski definition) is 2. The number of aryl methyl sites for hydroxylation is 1. The first-order chi connectivity index (χ1) is 7.22. The Morgan fingerprint density at radius 1 is 1.20 bits per heavy atom. The number of unbranched alkanes of at least 4 members (excludes halogenated alkanes) is 1. The van der Waals surface area contributed by atoms with Crippen molar-refractivity contribution in [3.05, 3.63) is 29.8 Å². The van der Waals surface area contributed by atoms with Crippen LogP contribution in [-0.4, -0.2) is 18.3 Å². The molecule has 0 amide bonds. The highest BCUT2D eigenvalue weighted by atomic mass is 16.5. The Morgan fingerprint density at radius 2 is 1.87 bits per heavy atom. The molecule has 84 valence electrons. The van der Waals surface area contributed by atoms with Crippen LogP contribution in [-0.2, 0) is 6.42 Å². The molecule has 1 aromatic carbocycles. The second-order valence-corrected chi connectivity index (χ2v) is 3.94. The zero-order chi connectivity index (χ0) is 11.1. The summed E-state index contributed by atoms with van der Waals surface area (Å²) in [7, 11) is 1.68. The van der Waals surface area contributed by atoms with E-state index in [0.29, 0.717) is 0 Å². The molecule has 2 heteroatoms. The van der Waals surface area contributed by atoms with Crippen molar-refractivity contribution in [1.82, 2.24) is 0 Å². The van der Waals surface area contributed by atoms with Crippen LogP contribution in [0.15, 0.2) is 24.3 Å². The maximum Gasteiger partial charge on any atom is 0.118 e. The summed E-state index contributed by atoms with van der Waals surface area (Å²) < 4.78 is 5.09. The van der Waals surface area contributed by atoms with Gasteiger partial charge in [-0.05, 0) is 43.9 Å². The first-order valence-electron chi connectivity index (χ1n) is 5.53. The fourth-order valence-corrected chi connectivity index (χ4v) is 1.56. The molecule has 0 aromatic heterocycles. The summed E-state index contributed by atoms with van der Waals surface area (Å²) in [5, 5.41) is 9.10. The van der Waals surface area contributed by atoms with Gasteiger partial charge in [-0.1, -0.05) is 18.6 Å². The predicted octanol–water partition coefficient (Wildman–Crippen LogP) is 2.79. The van der Waals surface area contributed by atoms with Crippen LogP contribution in [0.2, 0.25) is 0 Å². The number of benzene rings is 1. The van der Waals surface area contributed by atoms with E-state index in [-0.39, 0.29) is 6.10 Å². The Labute approximate surface area is 91.9 Å². The SMILES string of the molecule is COc1ccc(CCCCC(C)O)cc1. The highest BCUT2D eigenvalue weighted by Crippen LogP contribution is 2.13. The van der Waals surface area contributed by atoms with Crippen molar-refractivity contribution in [2.24, 2.45) is 0 Å². The lowest BCUT2D eigenvalue weighted by molar-refractivity contribution is 0.180. The molecular formula is C13H20O2. The zero-order valence-corrected chi connectivity index (χ0v) is 9.57. The summed E-state index contributed by atoms with van der Waals surface area (Å²) >= 11 is 0. The highest BCUT2D eigenvalue weighted by Gasteiger charge is 1.97. The quantitative estimate of drug-likeness (QED) is 0.728. The summed E-state index contributed by atoms with van der Waals surface area (Å²) in [6, 6.07) is 8.18. The Kier molecular flexibility index (Phi) is 5.19. The Hall–Kier alpha value is -1.02. The van der Waals surface area contributed by atoms with Gasteiger partial charge in [0.05, 0.1) is 13.2 Å². The molecule has 1 unspecified atom stereocenters. The van der Waals surface area contributed by atoms with Gasteiger partial charge in [0, 0.05) is 0 Å². The number of rotatable bonds is 6. The molecule has 0 saturated carbocycles. The van der Waals surface area contributed by atoms with Gasteiger partial charge in [-0.25, -0.2) is 0 Å². The van der Waals surface area contributed by atoms with E-state index >= 15 is 0 Å². The van der Waals surface area contributed by atoms with Gasteiger partial charge in [-0.15, -0.1) is 0 Å². The molecule has 0 bridgehead atoms. The van der Waals surface area contributed by atoms with Gasteiger partial charge >= 0.3 is 0 Å². The van der Waals surface area contributed by atoms with Crippen molar-refractivity contribution < 1.29 is 9.84 Å². The van der Waals surface area contributed by atoms with E-state index in [1.807, 2.05) is 19.1 Å². The number of aliphatic hydroxyl groups is 1. The lowest BCUT2D eigenvalue weighted by Crippen LogP contribution is -1.98. The molecule has 1 N–H and O–H groups in total. The van der Waals surface area contributed by atoms with Crippen LogP contribution in [0.1, 0.15) is 31.7 Å². The van der Waals surface area contributed by atoms with E-state index in [4.69, 9.17) is 9.84 Å². The lowest BCUT2D eigenvalue weighted by Gasteiger charge is -2.05. The fourth-order valence-electron chi connectivity index (χ4n) is 1.56. The van der Waals surface area contributed by atoms with Gasteiger partial charge in [0.1, 0.15) is 5.75 Å². The second kappa shape index (κ2) is 6.46. The number of methoxy groups -OCH3 is 1. The minimum absolute atomic E-state index is 0.166. The van der Waals surface area contributed by atoms with E-state index in [2.05, 4.69) is 12.1 Å². The largest absolute Gasteiger partial charge is 0.497 e. The Morgan fingerprint density at radius 3 is 2.40 bits per heavy atom. The van der Waals surface area contributed by atoms with E-state index in [0.717, 1.165) is 31.4 Å². The van der Waals surface area contributed by atoms with Crippen molar-refractivity contribution in [2.45, 2.75) is 38.7 Å². The molecule has 1 atom stereocenters. The van der Waals surface area contributed by atoms with Crippen LogP contribution >= 0.6 is 0 Å². The normalized spacial score (nSPS) is 12.5. The van der Waals surface area contributed by atoms with Gasteiger partial charge in [-0.3, -0.25) is 0 Å². The molecule has 15 heavy (non-hydrogen) atoms. The topological polar surface area (TPSA) is 29.5 Å². The van der Waals surface area contributed by atoms with Gasteiger partial charge < -0.3 is 9.84 Å². The first kappa shape index (κ1) is 12.1. The lowest BCUT2D eigenvalue weighted by atomic mass is 10.1. The number of aliphatic hydroxyl groups excluding tert-OH is 1. The monoisotopic (exact) mass is 208 g/mol. The van der Waals surface area contributed by atoms with Crippen molar-refractivity contribution >= 4 is 0 Å².